The molecule has 0 saturated carbocycles. The molecule has 75 valence electrons. The van der Waals surface area contributed by atoms with Crippen molar-refractivity contribution in [1.29, 1.82) is 0 Å². The molecule has 0 atom stereocenters. The van der Waals surface area contributed by atoms with Crippen LogP contribution in [0.25, 0.3) is 5.69 Å². The van der Waals surface area contributed by atoms with Gasteiger partial charge in [0, 0.05) is 45.5 Å². The zero-order valence-electron chi connectivity index (χ0n) is 8.38. The number of rotatable bonds is 2. The first-order valence-corrected chi connectivity index (χ1v) is 4.29. The molecule has 1 N–H and O–H groups in total. The summed E-state index contributed by atoms with van der Waals surface area (Å²) in [6, 6.07) is 3.56. The molecule has 0 fully saturated rings. The van der Waals surface area contributed by atoms with Gasteiger partial charge >= 0.3 is 0 Å². The van der Waals surface area contributed by atoms with Gasteiger partial charge in [-0.05, 0) is 18.3 Å². The van der Waals surface area contributed by atoms with Gasteiger partial charge in [0.1, 0.15) is 0 Å². The zero-order chi connectivity index (χ0) is 9.97. The van der Waals surface area contributed by atoms with Gasteiger partial charge < -0.3 is 14.7 Å². The van der Waals surface area contributed by atoms with Gasteiger partial charge in [0.2, 0.25) is 0 Å². The third-order valence-corrected chi connectivity index (χ3v) is 1.95. The van der Waals surface area contributed by atoms with E-state index in [1.165, 1.54) is 0 Å². The van der Waals surface area contributed by atoms with Crippen molar-refractivity contribution in [1.82, 2.24) is 14.5 Å². The Morgan fingerprint density at radius 3 is 2.93 bits per heavy atom. The number of aliphatic hydroxyl groups is 1. The monoisotopic (exact) mass is 277 g/mol. The Hall–Kier alpha value is -0.576. The number of pyridine rings is 1. The van der Waals surface area contributed by atoms with Crippen LogP contribution in [0, 0.1) is 13.1 Å². The average Bonchev–Trinajstić information content (AvgIpc) is 2.65. The molecule has 2 rings (SSSR count). The Labute approximate surface area is 113 Å². The number of aromatic nitrogens is 3. The van der Waals surface area contributed by atoms with Crippen molar-refractivity contribution in [2.45, 2.75) is 13.5 Å². The van der Waals surface area contributed by atoms with Crippen molar-refractivity contribution in [3.63, 3.8) is 0 Å². The summed E-state index contributed by atoms with van der Waals surface area (Å²) in [5, 5.41) is 9.07. The maximum Gasteiger partial charge on any atom is 0.0976 e. The van der Waals surface area contributed by atoms with Crippen molar-refractivity contribution in [2.24, 2.45) is 0 Å². The van der Waals surface area contributed by atoms with Crippen molar-refractivity contribution in [3.8, 4) is 5.69 Å². The largest absolute Gasteiger partial charge is 0.402 e. The summed E-state index contributed by atoms with van der Waals surface area (Å²) >= 11 is 0. The smallest absolute Gasteiger partial charge is 0.0976 e. The molecular weight excluding hydrogens is 267 g/mol. The zero-order valence-corrected chi connectivity index (χ0v) is 11.2. The summed E-state index contributed by atoms with van der Waals surface area (Å²) in [5.74, 6) is 0. The number of nitrogens with zero attached hydrogens (tertiary/aromatic N) is 3. The van der Waals surface area contributed by atoms with E-state index in [-0.39, 0.29) is 39.3 Å². The molecular formula is C10H10N3OY-. The van der Waals surface area contributed by atoms with Crippen molar-refractivity contribution >= 4 is 0 Å². The Morgan fingerprint density at radius 2 is 2.33 bits per heavy atom. The fourth-order valence-electron chi connectivity index (χ4n) is 1.29. The molecule has 0 saturated heterocycles. The topological polar surface area (TPSA) is 50.9 Å². The molecule has 0 spiro atoms. The molecule has 0 aromatic carbocycles. The summed E-state index contributed by atoms with van der Waals surface area (Å²) in [6.07, 6.45) is 6.27. The molecule has 2 heterocycles. The molecule has 2 aromatic rings. The van der Waals surface area contributed by atoms with Gasteiger partial charge in [-0.2, -0.15) is 6.07 Å². The van der Waals surface area contributed by atoms with Crippen LogP contribution >= 0.6 is 0 Å². The maximum absolute atomic E-state index is 9.07. The number of aliphatic hydroxyl groups excluding tert-OH is 1. The SMILES string of the molecule is Cc1cn(-c2cc[c-]nc2CO)cn1.[Y]. The van der Waals surface area contributed by atoms with E-state index in [0.717, 1.165) is 11.4 Å². The van der Waals surface area contributed by atoms with E-state index in [2.05, 4.69) is 16.2 Å². The van der Waals surface area contributed by atoms with Crippen molar-refractivity contribution < 1.29 is 37.8 Å². The first kappa shape index (κ1) is 12.5. The van der Waals surface area contributed by atoms with Crippen LogP contribution in [0.1, 0.15) is 11.4 Å². The minimum absolute atomic E-state index is 0. The number of imidazole rings is 1. The van der Waals surface area contributed by atoms with E-state index < -0.39 is 0 Å². The Balaban J connectivity index is 0.00000112. The summed E-state index contributed by atoms with van der Waals surface area (Å²) < 4.78 is 1.84. The Kier molecular flexibility index (Phi) is 4.57. The van der Waals surface area contributed by atoms with Crippen LogP contribution in [0.15, 0.2) is 24.7 Å². The molecule has 0 unspecified atom stereocenters. The summed E-state index contributed by atoms with van der Waals surface area (Å²) in [7, 11) is 0. The van der Waals surface area contributed by atoms with Crippen molar-refractivity contribution in [3.05, 3.63) is 42.2 Å². The minimum atomic E-state index is -0.0934. The number of hydrogen-bond acceptors (Lipinski definition) is 3. The predicted molar refractivity (Wildman–Crippen MR) is 50.9 cm³/mol. The predicted octanol–water partition coefficient (Wildman–Crippen LogP) is 0.866. The molecule has 4 nitrogen and oxygen atoms in total. The molecule has 1 radical (unpaired) electrons. The maximum atomic E-state index is 9.07. The van der Waals surface area contributed by atoms with Crippen molar-refractivity contribution in [2.75, 3.05) is 0 Å². The number of hydrogen-bond donors (Lipinski definition) is 1. The quantitative estimate of drug-likeness (QED) is 0.828. The van der Waals surface area contributed by atoms with E-state index >= 15 is 0 Å². The Bertz CT molecular complexity index is 442. The van der Waals surface area contributed by atoms with Crippen LogP contribution < -0.4 is 0 Å². The first-order chi connectivity index (χ1) is 6.81. The second kappa shape index (κ2) is 5.49. The minimum Gasteiger partial charge on any atom is -0.402 e. The van der Waals surface area contributed by atoms with Gasteiger partial charge in [0.05, 0.1) is 12.0 Å². The average molecular weight is 277 g/mol. The summed E-state index contributed by atoms with van der Waals surface area (Å²) in [6.45, 7) is 1.82. The molecule has 0 aliphatic rings. The van der Waals surface area contributed by atoms with Gasteiger partial charge in [-0.1, -0.05) is 6.20 Å². The van der Waals surface area contributed by atoms with Crippen LogP contribution in [-0.4, -0.2) is 19.6 Å². The van der Waals surface area contributed by atoms with Crippen LogP contribution in [0.2, 0.25) is 0 Å². The molecule has 0 bridgehead atoms. The molecule has 0 aliphatic carbocycles. The normalized spacial score (nSPS) is 9.73. The molecule has 2 aromatic heterocycles. The van der Waals surface area contributed by atoms with Crippen LogP contribution in [0.4, 0.5) is 0 Å². The first-order valence-electron chi connectivity index (χ1n) is 4.29. The van der Waals surface area contributed by atoms with E-state index in [1.807, 2.05) is 23.8 Å². The molecule has 5 heteroatoms. The van der Waals surface area contributed by atoms with E-state index in [9.17, 15) is 0 Å². The van der Waals surface area contributed by atoms with Gasteiger partial charge in [0.15, 0.2) is 0 Å². The number of aryl methyl sites for hydroxylation is 1. The fourth-order valence-corrected chi connectivity index (χ4v) is 1.29. The Morgan fingerprint density at radius 1 is 1.53 bits per heavy atom. The third-order valence-electron chi connectivity index (χ3n) is 1.95. The van der Waals surface area contributed by atoms with Gasteiger partial charge in [-0.3, -0.25) is 0 Å². The standard InChI is InChI=1S/C10H10N3O.Y/c1-8-5-13(7-12-8)10-3-2-4-11-9(10)6-14;/h2-3,5,7,14H,6H2,1H3;/q-1;. The second-order valence-electron chi connectivity index (χ2n) is 2.99. The second-order valence-corrected chi connectivity index (χ2v) is 2.99. The third kappa shape index (κ3) is 2.71. The van der Waals surface area contributed by atoms with Crippen LogP contribution in [-0.2, 0) is 39.3 Å². The fraction of sp³-hybridized carbons (Fsp3) is 0.200. The van der Waals surface area contributed by atoms with Crippen LogP contribution in [0.5, 0.6) is 0 Å². The molecule has 0 aliphatic heterocycles. The van der Waals surface area contributed by atoms with E-state index in [0.29, 0.717) is 5.69 Å². The van der Waals surface area contributed by atoms with Crippen LogP contribution in [0.3, 0.4) is 0 Å². The van der Waals surface area contributed by atoms with Gasteiger partial charge in [-0.25, -0.2) is 4.98 Å². The molecule has 0 amide bonds. The summed E-state index contributed by atoms with van der Waals surface area (Å²) in [4.78, 5) is 8.07. The van der Waals surface area contributed by atoms with Gasteiger partial charge in [-0.15, -0.1) is 6.07 Å². The van der Waals surface area contributed by atoms with E-state index in [1.54, 1.807) is 12.4 Å². The van der Waals surface area contributed by atoms with Gasteiger partial charge in [0.25, 0.3) is 0 Å². The van der Waals surface area contributed by atoms with E-state index in [4.69, 9.17) is 5.11 Å². The molecule has 15 heavy (non-hydrogen) atoms. The summed E-state index contributed by atoms with van der Waals surface area (Å²) in [5.41, 5.74) is 2.37.